The summed E-state index contributed by atoms with van der Waals surface area (Å²) in [5, 5.41) is 3.30. The monoisotopic (exact) mass is 301 g/mol. The molecule has 2 saturated carbocycles. The standard InChI is InChI=1S/C16H31NO2S/c1-3-11-17-15-9-4-5-10-16(15)20(18,19)14-8-6-7-13(2)12-14/h13-17H,3-12H2,1-2H3. The van der Waals surface area contributed by atoms with Crippen LogP contribution in [0.1, 0.15) is 71.6 Å². The van der Waals surface area contributed by atoms with Crippen LogP contribution in [-0.2, 0) is 9.84 Å². The molecule has 0 saturated heterocycles. The van der Waals surface area contributed by atoms with E-state index in [1.165, 1.54) is 12.8 Å². The fraction of sp³-hybridized carbons (Fsp3) is 1.00. The Morgan fingerprint density at radius 1 is 1.05 bits per heavy atom. The molecule has 0 aromatic carbocycles. The summed E-state index contributed by atoms with van der Waals surface area (Å²) < 4.78 is 26.0. The van der Waals surface area contributed by atoms with Crippen LogP contribution >= 0.6 is 0 Å². The number of hydrogen-bond donors (Lipinski definition) is 1. The molecule has 2 rings (SSSR count). The van der Waals surface area contributed by atoms with E-state index in [-0.39, 0.29) is 16.5 Å². The minimum Gasteiger partial charge on any atom is -0.313 e. The number of sulfone groups is 1. The molecule has 4 unspecified atom stereocenters. The molecular weight excluding hydrogens is 270 g/mol. The zero-order valence-corrected chi connectivity index (χ0v) is 13.9. The van der Waals surface area contributed by atoms with E-state index in [4.69, 9.17) is 0 Å². The number of hydrogen-bond acceptors (Lipinski definition) is 3. The Hall–Kier alpha value is -0.0900. The van der Waals surface area contributed by atoms with Crippen molar-refractivity contribution in [2.24, 2.45) is 5.92 Å². The van der Waals surface area contributed by atoms with Crippen LogP contribution in [0.25, 0.3) is 0 Å². The average Bonchev–Trinajstić information content (AvgIpc) is 2.45. The van der Waals surface area contributed by atoms with Crippen molar-refractivity contribution in [3.05, 3.63) is 0 Å². The third-order valence-corrected chi connectivity index (χ3v) is 7.90. The van der Waals surface area contributed by atoms with E-state index in [2.05, 4.69) is 19.2 Å². The Morgan fingerprint density at radius 2 is 1.80 bits per heavy atom. The maximum atomic E-state index is 13.0. The maximum absolute atomic E-state index is 13.0. The Bertz CT molecular complexity index is 393. The SMILES string of the molecule is CCCNC1CCCCC1S(=O)(=O)C1CCCC(C)C1. The van der Waals surface area contributed by atoms with Gasteiger partial charge in [0.1, 0.15) is 0 Å². The van der Waals surface area contributed by atoms with E-state index < -0.39 is 9.84 Å². The predicted octanol–water partition coefficient (Wildman–Crippen LogP) is 3.29. The van der Waals surface area contributed by atoms with Gasteiger partial charge in [0.15, 0.2) is 9.84 Å². The van der Waals surface area contributed by atoms with Gasteiger partial charge in [-0.15, -0.1) is 0 Å². The second kappa shape index (κ2) is 7.26. The second-order valence-electron chi connectivity index (χ2n) is 6.87. The molecule has 1 N–H and O–H groups in total. The van der Waals surface area contributed by atoms with E-state index in [0.717, 1.165) is 51.5 Å². The van der Waals surface area contributed by atoms with Crippen LogP contribution in [0, 0.1) is 5.92 Å². The van der Waals surface area contributed by atoms with Crippen molar-refractivity contribution < 1.29 is 8.42 Å². The van der Waals surface area contributed by atoms with Crippen molar-refractivity contribution in [3.63, 3.8) is 0 Å². The first kappa shape index (κ1) is 16.3. The molecule has 2 aliphatic rings. The van der Waals surface area contributed by atoms with Crippen molar-refractivity contribution in [2.45, 2.75) is 88.2 Å². The minimum atomic E-state index is -2.96. The highest BCUT2D eigenvalue weighted by molar-refractivity contribution is 7.92. The molecule has 0 aromatic rings. The highest BCUT2D eigenvalue weighted by Gasteiger charge is 2.41. The molecule has 0 heterocycles. The first-order chi connectivity index (χ1) is 9.55. The summed E-state index contributed by atoms with van der Waals surface area (Å²) in [6.45, 7) is 5.29. The quantitative estimate of drug-likeness (QED) is 0.847. The van der Waals surface area contributed by atoms with E-state index >= 15 is 0 Å². The van der Waals surface area contributed by atoms with E-state index in [1.54, 1.807) is 0 Å². The van der Waals surface area contributed by atoms with E-state index in [1.807, 2.05) is 0 Å². The van der Waals surface area contributed by atoms with Crippen LogP contribution in [0.5, 0.6) is 0 Å². The van der Waals surface area contributed by atoms with Gasteiger partial charge in [0.05, 0.1) is 10.5 Å². The molecule has 0 spiro atoms. The van der Waals surface area contributed by atoms with Crippen molar-refractivity contribution in [1.29, 1.82) is 0 Å². The van der Waals surface area contributed by atoms with Gasteiger partial charge in [-0.25, -0.2) is 8.42 Å². The third-order valence-electron chi connectivity index (χ3n) is 5.13. The summed E-state index contributed by atoms with van der Waals surface area (Å²) in [5.74, 6) is 0.578. The molecule has 0 radical (unpaired) electrons. The van der Waals surface area contributed by atoms with Crippen LogP contribution in [0.2, 0.25) is 0 Å². The second-order valence-corrected chi connectivity index (χ2v) is 9.32. The molecule has 0 bridgehead atoms. The minimum absolute atomic E-state index is 0.0692. The highest BCUT2D eigenvalue weighted by atomic mass is 32.2. The van der Waals surface area contributed by atoms with Crippen molar-refractivity contribution in [2.75, 3.05) is 6.54 Å². The van der Waals surface area contributed by atoms with Gasteiger partial charge in [0, 0.05) is 6.04 Å². The number of rotatable bonds is 5. The summed E-state index contributed by atoms with van der Waals surface area (Å²) in [4.78, 5) is 0. The van der Waals surface area contributed by atoms with Gasteiger partial charge >= 0.3 is 0 Å². The van der Waals surface area contributed by atoms with E-state index in [0.29, 0.717) is 5.92 Å². The normalized spacial score (nSPS) is 35.9. The lowest BCUT2D eigenvalue weighted by molar-refractivity contribution is 0.351. The highest BCUT2D eigenvalue weighted by Crippen LogP contribution is 2.34. The summed E-state index contributed by atoms with van der Waals surface area (Å²) in [6.07, 6.45) is 9.30. The lowest BCUT2D eigenvalue weighted by Gasteiger charge is -2.36. The molecule has 4 heteroatoms. The van der Waals surface area contributed by atoms with Crippen molar-refractivity contribution >= 4 is 9.84 Å². The average molecular weight is 301 g/mol. The first-order valence-corrected chi connectivity index (χ1v) is 10.1. The molecule has 0 amide bonds. The van der Waals surface area contributed by atoms with Gasteiger partial charge in [-0.3, -0.25) is 0 Å². The van der Waals surface area contributed by atoms with Crippen molar-refractivity contribution in [3.8, 4) is 0 Å². The molecular formula is C16H31NO2S. The van der Waals surface area contributed by atoms with Gasteiger partial charge in [-0.2, -0.15) is 0 Å². The Kier molecular flexibility index (Phi) is 5.91. The molecule has 2 fully saturated rings. The lowest BCUT2D eigenvalue weighted by Crippen LogP contribution is -2.49. The summed E-state index contributed by atoms with van der Waals surface area (Å²) in [6, 6.07) is 0.200. The molecule has 4 atom stereocenters. The molecule has 3 nitrogen and oxygen atoms in total. The summed E-state index contributed by atoms with van der Waals surface area (Å²) in [5.41, 5.74) is 0. The Labute approximate surface area is 124 Å². The summed E-state index contributed by atoms with van der Waals surface area (Å²) >= 11 is 0. The number of nitrogens with one attached hydrogen (secondary N) is 1. The van der Waals surface area contributed by atoms with Crippen LogP contribution in [0.15, 0.2) is 0 Å². The van der Waals surface area contributed by atoms with Crippen molar-refractivity contribution in [1.82, 2.24) is 5.32 Å². The molecule has 20 heavy (non-hydrogen) atoms. The zero-order valence-electron chi connectivity index (χ0n) is 13.1. The van der Waals surface area contributed by atoms with Gasteiger partial charge in [0.25, 0.3) is 0 Å². The van der Waals surface area contributed by atoms with Gasteiger partial charge in [-0.05, 0) is 44.6 Å². The predicted molar refractivity (Wildman–Crippen MR) is 84.7 cm³/mol. The van der Waals surface area contributed by atoms with Gasteiger partial charge < -0.3 is 5.32 Å². The van der Waals surface area contributed by atoms with E-state index in [9.17, 15) is 8.42 Å². The van der Waals surface area contributed by atoms with Crippen LogP contribution in [0.3, 0.4) is 0 Å². The first-order valence-electron chi connectivity index (χ1n) is 8.51. The zero-order chi connectivity index (χ0) is 14.6. The Morgan fingerprint density at radius 3 is 2.50 bits per heavy atom. The third kappa shape index (κ3) is 3.76. The lowest BCUT2D eigenvalue weighted by atomic mass is 9.90. The molecule has 0 aliphatic heterocycles. The van der Waals surface area contributed by atoms with Crippen LogP contribution in [0.4, 0.5) is 0 Å². The molecule has 2 aliphatic carbocycles. The van der Waals surface area contributed by atoms with Gasteiger partial charge in [-0.1, -0.05) is 39.5 Å². The smallest absolute Gasteiger partial charge is 0.157 e. The largest absolute Gasteiger partial charge is 0.313 e. The molecule has 118 valence electrons. The fourth-order valence-corrected chi connectivity index (χ4v) is 6.75. The van der Waals surface area contributed by atoms with Crippen LogP contribution < -0.4 is 5.32 Å². The van der Waals surface area contributed by atoms with Crippen LogP contribution in [-0.4, -0.2) is 31.5 Å². The van der Waals surface area contributed by atoms with Gasteiger partial charge in [0.2, 0.25) is 0 Å². The topological polar surface area (TPSA) is 46.2 Å². The maximum Gasteiger partial charge on any atom is 0.157 e. The fourth-order valence-electron chi connectivity index (χ4n) is 3.98. The summed E-state index contributed by atoms with van der Waals surface area (Å²) in [7, 11) is -2.96. The Balaban J connectivity index is 2.08. The molecule has 0 aromatic heterocycles.